The van der Waals surface area contributed by atoms with Gasteiger partial charge in [-0.15, -0.1) is 0 Å². The van der Waals surface area contributed by atoms with E-state index in [1.165, 1.54) is 18.2 Å². The Balaban J connectivity index is 2.62. The van der Waals surface area contributed by atoms with Crippen LogP contribution < -0.4 is 4.74 Å². The van der Waals surface area contributed by atoms with Crippen LogP contribution >= 0.6 is 0 Å². The van der Waals surface area contributed by atoms with Crippen LogP contribution in [0.2, 0.25) is 0 Å². The Morgan fingerprint density at radius 1 is 1.53 bits per heavy atom. The number of carbonyl (C=O) groups is 1. The fourth-order valence-electron chi connectivity index (χ4n) is 1.04. The van der Waals surface area contributed by atoms with Crippen LogP contribution in [0.25, 0.3) is 0 Å². The van der Waals surface area contributed by atoms with Gasteiger partial charge in [0.1, 0.15) is 18.1 Å². The average Bonchev–Trinajstić information content (AvgIpc) is 2.15. The number of hydrogen-bond donors (Lipinski definition) is 3. The maximum atomic E-state index is 10.3. The molecule has 0 aliphatic carbocycles. The lowest BCUT2D eigenvalue weighted by Gasteiger charge is -2.10. The summed E-state index contributed by atoms with van der Waals surface area (Å²) in [5.74, 6) is -0.779. The van der Waals surface area contributed by atoms with Crippen LogP contribution in [0.4, 0.5) is 0 Å². The third-order valence-corrected chi connectivity index (χ3v) is 1.84. The first-order valence-corrected chi connectivity index (χ1v) is 4.34. The highest BCUT2D eigenvalue weighted by atomic mass is 16.5. The van der Waals surface area contributed by atoms with Crippen LogP contribution in [-0.4, -0.2) is 34.0 Å². The molecule has 0 amide bonds. The van der Waals surface area contributed by atoms with Gasteiger partial charge in [-0.2, -0.15) is 0 Å². The lowest BCUT2D eigenvalue weighted by Crippen LogP contribution is -2.26. The zero-order valence-corrected chi connectivity index (χ0v) is 8.17. The number of aliphatic hydroxyl groups is 1. The van der Waals surface area contributed by atoms with E-state index in [2.05, 4.69) is 0 Å². The Morgan fingerprint density at radius 2 is 2.20 bits per heavy atom. The molecular weight excluding hydrogens is 200 g/mol. The SMILES string of the molecule is Cc1cc(O)ccc1OC[C@@H](O)C(=O)O. The van der Waals surface area contributed by atoms with E-state index in [4.69, 9.17) is 20.1 Å². The molecule has 0 heterocycles. The molecule has 15 heavy (non-hydrogen) atoms. The minimum absolute atomic E-state index is 0.110. The number of hydrogen-bond acceptors (Lipinski definition) is 4. The van der Waals surface area contributed by atoms with Crippen molar-refractivity contribution in [2.45, 2.75) is 13.0 Å². The fraction of sp³-hybridized carbons (Fsp3) is 0.300. The summed E-state index contributed by atoms with van der Waals surface area (Å²) < 4.78 is 5.07. The van der Waals surface area contributed by atoms with E-state index < -0.39 is 12.1 Å². The lowest BCUT2D eigenvalue weighted by atomic mass is 10.2. The number of aryl methyl sites for hydroxylation is 1. The molecule has 0 fully saturated rings. The fourth-order valence-corrected chi connectivity index (χ4v) is 1.04. The van der Waals surface area contributed by atoms with E-state index >= 15 is 0 Å². The van der Waals surface area contributed by atoms with Gasteiger partial charge >= 0.3 is 5.97 Å². The second kappa shape index (κ2) is 4.65. The average molecular weight is 212 g/mol. The highest BCUT2D eigenvalue weighted by Gasteiger charge is 2.14. The zero-order chi connectivity index (χ0) is 11.4. The second-order valence-corrected chi connectivity index (χ2v) is 3.11. The molecule has 0 saturated heterocycles. The first-order chi connectivity index (χ1) is 7.00. The highest BCUT2D eigenvalue weighted by molar-refractivity contribution is 5.72. The van der Waals surface area contributed by atoms with Crippen LogP contribution in [0.3, 0.4) is 0 Å². The van der Waals surface area contributed by atoms with Gasteiger partial charge in [0.05, 0.1) is 0 Å². The number of aliphatic carboxylic acids is 1. The number of carboxylic acids is 1. The molecule has 0 aliphatic heterocycles. The van der Waals surface area contributed by atoms with Crippen LogP contribution in [-0.2, 0) is 4.79 Å². The van der Waals surface area contributed by atoms with Crippen molar-refractivity contribution in [1.29, 1.82) is 0 Å². The molecule has 1 rings (SSSR count). The van der Waals surface area contributed by atoms with Crippen molar-refractivity contribution in [3.05, 3.63) is 23.8 Å². The van der Waals surface area contributed by atoms with Gasteiger partial charge in [-0.1, -0.05) is 0 Å². The number of aliphatic hydroxyl groups excluding tert-OH is 1. The number of aromatic hydroxyl groups is 1. The zero-order valence-electron chi connectivity index (χ0n) is 8.17. The summed E-state index contributed by atoms with van der Waals surface area (Å²) in [5.41, 5.74) is 0.674. The Bertz CT molecular complexity index is 361. The van der Waals surface area contributed by atoms with Crippen LogP contribution in [0.15, 0.2) is 18.2 Å². The molecule has 0 saturated carbocycles. The van der Waals surface area contributed by atoms with Crippen molar-refractivity contribution < 1.29 is 24.9 Å². The van der Waals surface area contributed by atoms with Gasteiger partial charge in [-0.05, 0) is 30.7 Å². The highest BCUT2D eigenvalue weighted by Crippen LogP contribution is 2.22. The van der Waals surface area contributed by atoms with Gasteiger partial charge in [-0.25, -0.2) is 4.79 Å². The van der Waals surface area contributed by atoms with Crippen molar-refractivity contribution in [1.82, 2.24) is 0 Å². The minimum atomic E-state index is -1.54. The number of rotatable bonds is 4. The number of carboxylic acid groups (broad SMARTS) is 1. The van der Waals surface area contributed by atoms with Crippen molar-refractivity contribution in [2.24, 2.45) is 0 Å². The molecule has 1 aromatic carbocycles. The van der Waals surface area contributed by atoms with E-state index in [-0.39, 0.29) is 12.4 Å². The normalized spacial score (nSPS) is 12.1. The quantitative estimate of drug-likeness (QED) is 0.677. The third-order valence-electron chi connectivity index (χ3n) is 1.84. The van der Waals surface area contributed by atoms with E-state index in [0.717, 1.165) is 0 Å². The third kappa shape index (κ3) is 3.14. The Labute approximate surface area is 86.5 Å². The van der Waals surface area contributed by atoms with Crippen LogP contribution in [0.1, 0.15) is 5.56 Å². The summed E-state index contributed by atoms with van der Waals surface area (Å²) in [7, 11) is 0. The van der Waals surface area contributed by atoms with Gasteiger partial charge in [0, 0.05) is 0 Å². The van der Waals surface area contributed by atoms with Gasteiger partial charge in [0.25, 0.3) is 0 Å². The Morgan fingerprint density at radius 3 is 2.73 bits per heavy atom. The van der Waals surface area contributed by atoms with Crippen molar-refractivity contribution >= 4 is 5.97 Å². The summed E-state index contributed by atoms with van der Waals surface area (Å²) in [6.45, 7) is 1.39. The molecule has 0 radical (unpaired) electrons. The molecular formula is C10H12O5. The number of ether oxygens (including phenoxy) is 1. The van der Waals surface area contributed by atoms with Gasteiger partial charge < -0.3 is 20.1 Å². The predicted octanol–water partition coefficient (Wildman–Crippen LogP) is 0.525. The maximum absolute atomic E-state index is 10.3. The van der Waals surface area contributed by atoms with Crippen LogP contribution in [0.5, 0.6) is 11.5 Å². The summed E-state index contributed by atoms with van der Waals surface area (Å²) in [6, 6.07) is 4.43. The molecule has 1 atom stereocenters. The molecule has 1 aromatic rings. The molecule has 0 aliphatic rings. The largest absolute Gasteiger partial charge is 0.508 e. The number of benzene rings is 1. The standard InChI is InChI=1S/C10H12O5/c1-6-4-7(11)2-3-9(6)15-5-8(12)10(13)14/h2-4,8,11-12H,5H2,1H3,(H,13,14)/t8-/m1/s1. The molecule has 0 aromatic heterocycles. The smallest absolute Gasteiger partial charge is 0.336 e. The molecule has 82 valence electrons. The van der Waals surface area contributed by atoms with E-state index in [9.17, 15) is 4.79 Å². The van der Waals surface area contributed by atoms with E-state index in [1.807, 2.05) is 0 Å². The molecule has 0 spiro atoms. The van der Waals surface area contributed by atoms with E-state index in [0.29, 0.717) is 11.3 Å². The summed E-state index contributed by atoms with van der Waals surface area (Å²) in [6.07, 6.45) is -1.54. The topological polar surface area (TPSA) is 87.0 Å². The van der Waals surface area contributed by atoms with E-state index in [1.54, 1.807) is 6.92 Å². The summed E-state index contributed by atoms with van der Waals surface area (Å²) in [4.78, 5) is 10.3. The Kier molecular flexibility index (Phi) is 3.51. The second-order valence-electron chi connectivity index (χ2n) is 3.11. The molecule has 0 unspecified atom stereocenters. The lowest BCUT2D eigenvalue weighted by molar-refractivity contribution is -0.148. The van der Waals surface area contributed by atoms with Gasteiger partial charge in [-0.3, -0.25) is 0 Å². The summed E-state index contributed by atoms with van der Waals surface area (Å²) in [5, 5.41) is 26.5. The number of phenols is 1. The summed E-state index contributed by atoms with van der Waals surface area (Å²) >= 11 is 0. The maximum Gasteiger partial charge on any atom is 0.336 e. The van der Waals surface area contributed by atoms with Crippen molar-refractivity contribution in [3.63, 3.8) is 0 Å². The monoisotopic (exact) mass is 212 g/mol. The van der Waals surface area contributed by atoms with Gasteiger partial charge in [0.2, 0.25) is 0 Å². The number of phenolic OH excluding ortho intramolecular Hbond substituents is 1. The predicted molar refractivity (Wildman–Crippen MR) is 52.0 cm³/mol. The first-order valence-electron chi connectivity index (χ1n) is 4.34. The molecule has 5 nitrogen and oxygen atoms in total. The van der Waals surface area contributed by atoms with Crippen molar-refractivity contribution in [2.75, 3.05) is 6.61 Å². The Hall–Kier alpha value is -1.75. The molecule has 0 bridgehead atoms. The van der Waals surface area contributed by atoms with Crippen LogP contribution in [0, 0.1) is 6.92 Å². The first kappa shape index (κ1) is 11.3. The molecule has 3 N–H and O–H groups in total. The molecule has 5 heteroatoms. The van der Waals surface area contributed by atoms with Gasteiger partial charge in [0.15, 0.2) is 6.10 Å². The minimum Gasteiger partial charge on any atom is -0.508 e. The van der Waals surface area contributed by atoms with Crippen molar-refractivity contribution in [3.8, 4) is 11.5 Å².